The van der Waals surface area contributed by atoms with Crippen LogP contribution in [0.1, 0.15) is 36.0 Å². The number of benzene rings is 1. The molecule has 1 aromatic carbocycles. The molecule has 1 amide bonds. The van der Waals surface area contributed by atoms with Gasteiger partial charge in [0.1, 0.15) is 0 Å². The molecular formula is C14H15BrF3NO. The standard InChI is InChI=1S/C14H15BrF3NO/c15-11-7-3-1-5-9(11)13(20)19-12-8-4-2-6-10(12)14(16,17)18/h1,3,5,7,10,12H,2,4,6,8H2,(H,19,20). The maximum Gasteiger partial charge on any atom is 0.393 e. The molecule has 1 aliphatic carbocycles. The fraction of sp³-hybridized carbons (Fsp3) is 0.500. The van der Waals surface area contributed by atoms with E-state index in [0.717, 1.165) is 0 Å². The molecule has 0 saturated heterocycles. The Morgan fingerprint density at radius 2 is 1.85 bits per heavy atom. The van der Waals surface area contributed by atoms with E-state index in [9.17, 15) is 18.0 Å². The summed E-state index contributed by atoms with van der Waals surface area (Å²) in [6.45, 7) is 0. The third-order valence-corrected chi connectivity index (χ3v) is 4.31. The van der Waals surface area contributed by atoms with Crippen molar-refractivity contribution in [3.63, 3.8) is 0 Å². The van der Waals surface area contributed by atoms with Crippen molar-refractivity contribution in [3.8, 4) is 0 Å². The minimum absolute atomic E-state index is 0.0877. The molecule has 20 heavy (non-hydrogen) atoms. The normalized spacial score (nSPS) is 23.4. The first kappa shape index (κ1) is 15.4. The third-order valence-electron chi connectivity index (χ3n) is 3.62. The average Bonchev–Trinajstić information content (AvgIpc) is 2.38. The van der Waals surface area contributed by atoms with Crippen molar-refractivity contribution in [1.82, 2.24) is 5.32 Å². The summed E-state index contributed by atoms with van der Waals surface area (Å²) in [7, 11) is 0. The molecule has 1 aliphatic rings. The van der Waals surface area contributed by atoms with Crippen LogP contribution in [0.3, 0.4) is 0 Å². The van der Waals surface area contributed by atoms with Gasteiger partial charge in [0.05, 0.1) is 11.5 Å². The van der Waals surface area contributed by atoms with E-state index in [4.69, 9.17) is 0 Å². The fourth-order valence-electron chi connectivity index (χ4n) is 2.59. The molecule has 6 heteroatoms. The topological polar surface area (TPSA) is 29.1 Å². The van der Waals surface area contributed by atoms with Gasteiger partial charge in [-0.25, -0.2) is 0 Å². The molecule has 110 valence electrons. The van der Waals surface area contributed by atoms with Crippen LogP contribution in [0.25, 0.3) is 0 Å². The van der Waals surface area contributed by atoms with Crippen LogP contribution in [0, 0.1) is 5.92 Å². The van der Waals surface area contributed by atoms with Gasteiger partial charge in [-0.3, -0.25) is 4.79 Å². The molecule has 0 spiro atoms. The van der Waals surface area contributed by atoms with E-state index < -0.39 is 24.0 Å². The van der Waals surface area contributed by atoms with Gasteiger partial charge in [0.15, 0.2) is 0 Å². The van der Waals surface area contributed by atoms with E-state index in [0.29, 0.717) is 29.3 Å². The zero-order valence-electron chi connectivity index (χ0n) is 10.7. The summed E-state index contributed by atoms with van der Waals surface area (Å²) in [6.07, 6.45) is -2.52. The molecule has 2 nitrogen and oxygen atoms in total. The minimum Gasteiger partial charge on any atom is -0.349 e. The third kappa shape index (κ3) is 3.53. The van der Waals surface area contributed by atoms with Gasteiger partial charge in [0, 0.05) is 10.5 Å². The molecule has 0 radical (unpaired) electrons. The molecule has 2 unspecified atom stereocenters. The van der Waals surface area contributed by atoms with Gasteiger partial charge in [0.2, 0.25) is 0 Å². The van der Waals surface area contributed by atoms with E-state index in [1.54, 1.807) is 24.3 Å². The number of carbonyl (C=O) groups is 1. The van der Waals surface area contributed by atoms with Crippen molar-refractivity contribution in [2.24, 2.45) is 5.92 Å². The van der Waals surface area contributed by atoms with Crippen LogP contribution < -0.4 is 5.32 Å². The van der Waals surface area contributed by atoms with Crippen LogP contribution in [0.2, 0.25) is 0 Å². The van der Waals surface area contributed by atoms with Crippen LogP contribution in [-0.4, -0.2) is 18.1 Å². The van der Waals surface area contributed by atoms with Gasteiger partial charge >= 0.3 is 6.18 Å². The van der Waals surface area contributed by atoms with Crippen molar-refractivity contribution < 1.29 is 18.0 Å². The molecule has 2 atom stereocenters. The van der Waals surface area contributed by atoms with Crippen molar-refractivity contribution in [3.05, 3.63) is 34.3 Å². The van der Waals surface area contributed by atoms with Crippen molar-refractivity contribution in [2.75, 3.05) is 0 Å². The number of amides is 1. The maximum atomic E-state index is 13.0. The smallest absolute Gasteiger partial charge is 0.349 e. The van der Waals surface area contributed by atoms with Gasteiger partial charge < -0.3 is 5.32 Å². The van der Waals surface area contributed by atoms with E-state index in [1.165, 1.54) is 0 Å². The quantitative estimate of drug-likeness (QED) is 0.847. The van der Waals surface area contributed by atoms with Gasteiger partial charge in [-0.05, 0) is 40.9 Å². The zero-order chi connectivity index (χ0) is 14.8. The summed E-state index contributed by atoms with van der Waals surface area (Å²) in [5.41, 5.74) is 0.360. The molecule has 0 aromatic heterocycles. The lowest BCUT2D eigenvalue weighted by atomic mass is 9.84. The van der Waals surface area contributed by atoms with Gasteiger partial charge in [-0.15, -0.1) is 0 Å². The first-order valence-electron chi connectivity index (χ1n) is 6.51. The summed E-state index contributed by atoms with van der Waals surface area (Å²) in [5, 5.41) is 2.54. The van der Waals surface area contributed by atoms with Gasteiger partial charge in [-0.1, -0.05) is 25.0 Å². The number of carbonyl (C=O) groups excluding carboxylic acids is 1. The highest BCUT2D eigenvalue weighted by Crippen LogP contribution is 2.37. The van der Waals surface area contributed by atoms with E-state index in [-0.39, 0.29) is 6.42 Å². The van der Waals surface area contributed by atoms with Crippen molar-refractivity contribution in [2.45, 2.75) is 37.9 Å². The lowest BCUT2D eigenvalue weighted by molar-refractivity contribution is -0.187. The van der Waals surface area contributed by atoms with Gasteiger partial charge in [-0.2, -0.15) is 13.2 Å². The first-order valence-corrected chi connectivity index (χ1v) is 7.31. The first-order chi connectivity index (χ1) is 9.39. The van der Waals surface area contributed by atoms with E-state index in [2.05, 4.69) is 21.2 Å². The molecule has 1 saturated carbocycles. The number of hydrogen-bond donors (Lipinski definition) is 1. The minimum atomic E-state index is -4.26. The predicted octanol–water partition coefficient (Wildman–Crippen LogP) is 4.30. The Kier molecular flexibility index (Phi) is 4.73. The van der Waals surface area contributed by atoms with Crippen LogP contribution in [-0.2, 0) is 0 Å². The highest BCUT2D eigenvalue weighted by atomic mass is 79.9. The Balaban J connectivity index is 2.11. The molecule has 1 N–H and O–H groups in total. The molecular weight excluding hydrogens is 335 g/mol. The molecule has 0 bridgehead atoms. The van der Waals surface area contributed by atoms with E-state index >= 15 is 0 Å². The number of nitrogens with one attached hydrogen (secondary N) is 1. The lowest BCUT2D eigenvalue weighted by Crippen LogP contribution is -2.47. The van der Waals surface area contributed by atoms with Gasteiger partial charge in [0.25, 0.3) is 5.91 Å². The highest BCUT2D eigenvalue weighted by molar-refractivity contribution is 9.10. The summed E-state index contributed by atoms with van der Waals surface area (Å²) >= 11 is 3.23. The molecule has 1 aromatic rings. The summed E-state index contributed by atoms with van der Waals surface area (Å²) in [4.78, 5) is 12.1. The summed E-state index contributed by atoms with van der Waals surface area (Å²) < 4.78 is 39.5. The number of hydrogen-bond acceptors (Lipinski definition) is 1. The number of rotatable bonds is 2. The Bertz CT molecular complexity index is 490. The maximum absolute atomic E-state index is 13.0. The summed E-state index contributed by atoms with van der Waals surface area (Å²) in [6, 6.07) is 5.88. The Morgan fingerprint density at radius 1 is 1.20 bits per heavy atom. The SMILES string of the molecule is O=C(NC1CCCCC1C(F)(F)F)c1ccccc1Br. The highest BCUT2D eigenvalue weighted by Gasteiger charge is 2.46. The van der Waals surface area contributed by atoms with Crippen LogP contribution >= 0.6 is 15.9 Å². The van der Waals surface area contributed by atoms with Crippen LogP contribution in [0.15, 0.2) is 28.7 Å². The monoisotopic (exact) mass is 349 g/mol. The van der Waals surface area contributed by atoms with Crippen LogP contribution in [0.5, 0.6) is 0 Å². The molecule has 1 fully saturated rings. The average molecular weight is 350 g/mol. The Hall–Kier alpha value is -1.04. The predicted molar refractivity (Wildman–Crippen MR) is 73.4 cm³/mol. The fourth-order valence-corrected chi connectivity index (χ4v) is 3.05. The molecule has 0 aliphatic heterocycles. The second kappa shape index (κ2) is 6.16. The largest absolute Gasteiger partial charge is 0.393 e. The lowest BCUT2D eigenvalue weighted by Gasteiger charge is -2.33. The number of alkyl halides is 3. The van der Waals surface area contributed by atoms with Crippen LogP contribution in [0.4, 0.5) is 13.2 Å². The van der Waals surface area contributed by atoms with Crippen molar-refractivity contribution in [1.29, 1.82) is 0 Å². The second-order valence-corrected chi connectivity index (χ2v) is 5.85. The second-order valence-electron chi connectivity index (χ2n) is 4.99. The number of halogens is 4. The Morgan fingerprint density at radius 3 is 2.50 bits per heavy atom. The molecule has 0 heterocycles. The van der Waals surface area contributed by atoms with Crippen molar-refractivity contribution >= 4 is 21.8 Å². The van der Waals surface area contributed by atoms with E-state index in [1.807, 2.05) is 0 Å². The zero-order valence-corrected chi connectivity index (χ0v) is 12.3. The summed E-state index contributed by atoms with van der Waals surface area (Å²) in [5.74, 6) is -1.90. The molecule has 2 rings (SSSR count). The Labute approximate surface area is 123 Å².